The van der Waals surface area contributed by atoms with Crippen LogP contribution in [0.4, 0.5) is 0 Å². The summed E-state index contributed by atoms with van der Waals surface area (Å²) in [5.41, 5.74) is 1.54. The van der Waals surface area contributed by atoms with Crippen LogP contribution in [0.2, 0.25) is 10.0 Å². The summed E-state index contributed by atoms with van der Waals surface area (Å²) in [4.78, 5) is 0. The van der Waals surface area contributed by atoms with E-state index in [9.17, 15) is 0 Å². The van der Waals surface area contributed by atoms with Gasteiger partial charge in [-0.05, 0) is 51.4 Å². The van der Waals surface area contributed by atoms with Crippen LogP contribution in [-0.4, -0.2) is 18.3 Å². The number of fused-ring (bicyclic) bond motifs is 3. The fourth-order valence-corrected chi connectivity index (χ4v) is 3.48. The molecule has 0 bridgehead atoms. The van der Waals surface area contributed by atoms with Gasteiger partial charge < -0.3 is 13.7 Å². The molecule has 0 saturated carbocycles. The molecule has 0 aliphatic carbocycles. The molecule has 124 valence electrons. The number of rotatable bonds is 1. The standard InChI is InChI=1S/C18H17BCl2O3/c1-17(2)18(3,4)24-19(23-17)10-5-6-12-13-8-11(20)9-14(21)16(13)22-15(12)7-10/h5-9H,1-4H3. The van der Waals surface area contributed by atoms with Crippen LogP contribution in [0.5, 0.6) is 0 Å². The van der Waals surface area contributed by atoms with Gasteiger partial charge in [0.15, 0.2) is 5.58 Å². The van der Waals surface area contributed by atoms with Crippen molar-refractivity contribution >= 4 is 57.7 Å². The molecule has 0 unspecified atom stereocenters. The first-order valence-electron chi connectivity index (χ1n) is 7.85. The summed E-state index contributed by atoms with van der Waals surface area (Å²) in [6, 6.07) is 9.48. The Hall–Kier alpha value is -1.20. The first-order valence-corrected chi connectivity index (χ1v) is 8.60. The van der Waals surface area contributed by atoms with Gasteiger partial charge in [0, 0.05) is 15.8 Å². The van der Waals surface area contributed by atoms with Crippen molar-refractivity contribution in [2.75, 3.05) is 0 Å². The molecular weight excluding hydrogens is 346 g/mol. The third-order valence-corrected chi connectivity index (χ3v) is 5.54. The summed E-state index contributed by atoms with van der Waals surface area (Å²) in [6.07, 6.45) is 0. The maximum Gasteiger partial charge on any atom is 0.494 e. The fourth-order valence-electron chi connectivity index (χ4n) is 2.95. The van der Waals surface area contributed by atoms with Crippen LogP contribution in [0.1, 0.15) is 27.7 Å². The molecule has 1 aromatic heterocycles. The molecule has 6 heteroatoms. The van der Waals surface area contributed by atoms with Crippen molar-refractivity contribution in [2.24, 2.45) is 0 Å². The smallest absolute Gasteiger partial charge is 0.455 e. The van der Waals surface area contributed by atoms with Crippen LogP contribution < -0.4 is 5.46 Å². The SMILES string of the molecule is CC1(C)OB(c2ccc3c(c2)oc2c(Cl)cc(Cl)cc23)OC1(C)C. The van der Waals surface area contributed by atoms with Crippen LogP contribution >= 0.6 is 23.2 Å². The predicted octanol–water partition coefficient (Wildman–Crippen LogP) is 5.19. The second-order valence-electron chi connectivity index (χ2n) is 7.21. The molecule has 1 aliphatic heterocycles. The van der Waals surface area contributed by atoms with Crippen LogP contribution in [-0.2, 0) is 9.31 Å². The second kappa shape index (κ2) is 5.15. The average Bonchev–Trinajstić information content (AvgIpc) is 2.93. The van der Waals surface area contributed by atoms with Crippen molar-refractivity contribution < 1.29 is 13.7 Å². The van der Waals surface area contributed by atoms with E-state index < -0.39 is 7.12 Å². The highest BCUT2D eigenvalue weighted by atomic mass is 35.5. The van der Waals surface area contributed by atoms with Gasteiger partial charge in [0.2, 0.25) is 0 Å². The largest absolute Gasteiger partial charge is 0.494 e. The van der Waals surface area contributed by atoms with E-state index in [1.807, 2.05) is 52.0 Å². The first-order chi connectivity index (χ1) is 11.2. The third-order valence-electron chi connectivity index (χ3n) is 5.04. The van der Waals surface area contributed by atoms with Crippen molar-refractivity contribution in [1.82, 2.24) is 0 Å². The van der Waals surface area contributed by atoms with Crippen molar-refractivity contribution in [3.8, 4) is 0 Å². The maximum atomic E-state index is 6.25. The zero-order chi connectivity index (χ0) is 17.3. The van der Waals surface area contributed by atoms with E-state index >= 15 is 0 Å². The van der Waals surface area contributed by atoms with Crippen molar-refractivity contribution in [2.45, 2.75) is 38.9 Å². The molecule has 1 fully saturated rings. The average molecular weight is 363 g/mol. The van der Waals surface area contributed by atoms with Gasteiger partial charge in [-0.2, -0.15) is 0 Å². The summed E-state index contributed by atoms with van der Waals surface area (Å²) in [7, 11) is -0.424. The van der Waals surface area contributed by atoms with E-state index in [1.165, 1.54) is 0 Å². The number of halogens is 2. The lowest BCUT2D eigenvalue weighted by Crippen LogP contribution is -2.41. The van der Waals surface area contributed by atoms with Gasteiger partial charge >= 0.3 is 7.12 Å². The Balaban J connectivity index is 1.83. The van der Waals surface area contributed by atoms with Gasteiger partial charge in [-0.3, -0.25) is 0 Å². The Morgan fingerprint density at radius 3 is 2.21 bits per heavy atom. The fraction of sp³-hybridized carbons (Fsp3) is 0.333. The zero-order valence-corrected chi connectivity index (χ0v) is 15.5. The lowest BCUT2D eigenvalue weighted by atomic mass is 9.79. The molecule has 2 aromatic carbocycles. The van der Waals surface area contributed by atoms with Crippen molar-refractivity contribution in [3.05, 3.63) is 40.4 Å². The molecule has 3 aromatic rings. The van der Waals surface area contributed by atoms with E-state index in [0.29, 0.717) is 15.6 Å². The lowest BCUT2D eigenvalue weighted by molar-refractivity contribution is 0.00578. The van der Waals surface area contributed by atoms with Crippen LogP contribution in [0, 0.1) is 0 Å². The topological polar surface area (TPSA) is 31.6 Å². The molecule has 1 aliphatic rings. The van der Waals surface area contributed by atoms with Crippen LogP contribution in [0.3, 0.4) is 0 Å². The van der Waals surface area contributed by atoms with Gasteiger partial charge in [0.05, 0.1) is 16.2 Å². The number of furan rings is 1. The highest BCUT2D eigenvalue weighted by Crippen LogP contribution is 2.38. The van der Waals surface area contributed by atoms with Gasteiger partial charge in [-0.25, -0.2) is 0 Å². The molecule has 2 heterocycles. The molecule has 0 radical (unpaired) electrons. The van der Waals surface area contributed by atoms with Crippen molar-refractivity contribution in [1.29, 1.82) is 0 Å². The Morgan fingerprint density at radius 1 is 0.875 bits per heavy atom. The van der Waals surface area contributed by atoms with Gasteiger partial charge in [0.25, 0.3) is 0 Å². The monoisotopic (exact) mass is 362 g/mol. The summed E-state index contributed by atoms with van der Waals surface area (Å²) < 4.78 is 18.2. The Kier molecular flexibility index (Phi) is 3.49. The van der Waals surface area contributed by atoms with Gasteiger partial charge in [-0.15, -0.1) is 0 Å². The minimum Gasteiger partial charge on any atom is -0.455 e. The van der Waals surface area contributed by atoms with E-state index in [4.69, 9.17) is 36.9 Å². The number of hydrogen-bond donors (Lipinski definition) is 0. The van der Waals surface area contributed by atoms with Gasteiger partial charge in [0.1, 0.15) is 5.58 Å². The molecule has 3 nitrogen and oxygen atoms in total. The molecular formula is C18H17BCl2O3. The molecule has 0 spiro atoms. The summed E-state index contributed by atoms with van der Waals surface area (Å²) >= 11 is 12.4. The van der Waals surface area contributed by atoms with Crippen molar-refractivity contribution in [3.63, 3.8) is 0 Å². The number of benzene rings is 2. The first kappa shape index (κ1) is 16.3. The third kappa shape index (κ3) is 2.36. The summed E-state index contributed by atoms with van der Waals surface area (Å²) in [5, 5.41) is 2.97. The Bertz CT molecular complexity index is 946. The quantitative estimate of drug-likeness (QED) is 0.558. The summed E-state index contributed by atoms with van der Waals surface area (Å²) in [6.45, 7) is 8.14. The molecule has 1 saturated heterocycles. The lowest BCUT2D eigenvalue weighted by Gasteiger charge is -2.32. The second-order valence-corrected chi connectivity index (χ2v) is 8.05. The molecule has 0 atom stereocenters. The van der Waals surface area contributed by atoms with E-state index in [1.54, 1.807) is 6.07 Å². The highest BCUT2D eigenvalue weighted by Gasteiger charge is 2.51. The molecule has 0 amide bonds. The molecule has 24 heavy (non-hydrogen) atoms. The minimum absolute atomic E-state index is 0.378. The van der Waals surface area contributed by atoms with Crippen LogP contribution in [0.25, 0.3) is 21.9 Å². The molecule has 4 rings (SSSR count). The molecule has 0 N–H and O–H groups in total. The highest BCUT2D eigenvalue weighted by molar-refractivity contribution is 6.62. The summed E-state index contributed by atoms with van der Waals surface area (Å²) in [5.74, 6) is 0. The van der Waals surface area contributed by atoms with Gasteiger partial charge in [-0.1, -0.05) is 35.3 Å². The van der Waals surface area contributed by atoms with Crippen LogP contribution in [0.15, 0.2) is 34.7 Å². The normalized spacial score (nSPS) is 19.5. The predicted molar refractivity (Wildman–Crippen MR) is 99.5 cm³/mol. The zero-order valence-electron chi connectivity index (χ0n) is 13.9. The van der Waals surface area contributed by atoms with E-state index in [0.717, 1.165) is 21.8 Å². The minimum atomic E-state index is -0.424. The van der Waals surface area contributed by atoms with E-state index in [-0.39, 0.29) is 11.2 Å². The number of hydrogen-bond acceptors (Lipinski definition) is 3. The van der Waals surface area contributed by atoms with E-state index in [2.05, 4.69) is 0 Å². The Labute approximate surface area is 150 Å². The maximum absolute atomic E-state index is 6.25. The Morgan fingerprint density at radius 2 is 1.54 bits per heavy atom.